The standard InChI is InChI=1S/C27H31NO2.C12H7F3N.Pt/c1-27(2,3)26(30)18-21(29)17-14-19-12-15-20(16-13-19)28-24-10-6-4-8-22(24)23-9-5-7-11-25(23)28;13-12(14,15)10-6-4-9(5-7-10)11-3-1-2-8-16-11;/h4-13,15-16,21,26,29-30H,14,17-18H2,1-3H3;1-4,6-8H;/q;-1;. The molecule has 2 unspecified atom stereocenters. The van der Waals surface area contributed by atoms with Gasteiger partial charge in [0.05, 0.1) is 23.2 Å². The first kappa shape index (κ1) is 36.1. The summed E-state index contributed by atoms with van der Waals surface area (Å²) in [6.45, 7) is 5.99. The van der Waals surface area contributed by atoms with Crippen LogP contribution in [0.4, 0.5) is 13.2 Å². The van der Waals surface area contributed by atoms with E-state index in [0.29, 0.717) is 24.1 Å². The van der Waals surface area contributed by atoms with Gasteiger partial charge in [0.1, 0.15) is 0 Å². The number of rotatable bonds is 7. The van der Waals surface area contributed by atoms with E-state index in [0.717, 1.165) is 24.2 Å². The number of benzene rings is 4. The number of aromatic nitrogens is 2. The van der Waals surface area contributed by atoms with Crippen molar-refractivity contribution in [3.8, 4) is 16.9 Å². The van der Waals surface area contributed by atoms with Crippen LogP contribution in [0.5, 0.6) is 0 Å². The Kier molecular flexibility index (Phi) is 11.8. The number of fused-ring (bicyclic) bond motifs is 3. The first-order chi connectivity index (χ1) is 21.9. The molecule has 0 bridgehead atoms. The maximum atomic E-state index is 12.3. The molecular formula is C39H38F3N2O2Pt-. The van der Waals surface area contributed by atoms with Gasteiger partial charge < -0.3 is 19.8 Å². The molecule has 4 aromatic carbocycles. The Hall–Kier alpha value is -3.77. The van der Waals surface area contributed by atoms with Crippen molar-refractivity contribution in [2.24, 2.45) is 5.41 Å². The first-order valence-electron chi connectivity index (χ1n) is 15.4. The number of halogens is 3. The molecule has 0 fully saturated rings. The number of pyridine rings is 1. The second-order valence-electron chi connectivity index (χ2n) is 12.5. The molecule has 0 amide bonds. The van der Waals surface area contributed by atoms with Gasteiger partial charge in [0.2, 0.25) is 0 Å². The summed E-state index contributed by atoms with van der Waals surface area (Å²) in [6, 6.07) is 36.8. The van der Waals surface area contributed by atoms with Gasteiger partial charge >= 0.3 is 6.18 Å². The molecule has 248 valence electrons. The van der Waals surface area contributed by atoms with Crippen LogP contribution in [0.25, 0.3) is 38.8 Å². The number of aliphatic hydroxyl groups is 2. The van der Waals surface area contributed by atoms with Crippen molar-refractivity contribution in [1.29, 1.82) is 0 Å². The largest absolute Gasteiger partial charge is 0.393 e. The fourth-order valence-corrected chi connectivity index (χ4v) is 5.36. The Morgan fingerprint density at radius 1 is 0.766 bits per heavy atom. The van der Waals surface area contributed by atoms with Crippen LogP contribution in [0.15, 0.2) is 115 Å². The molecule has 0 saturated carbocycles. The average Bonchev–Trinajstić information content (AvgIpc) is 3.38. The summed E-state index contributed by atoms with van der Waals surface area (Å²) >= 11 is 0. The zero-order chi connectivity index (χ0) is 32.9. The zero-order valence-corrected chi connectivity index (χ0v) is 28.8. The van der Waals surface area contributed by atoms with E-state index in [1.54, 1.807) is 24.4 Å². The van der Waals surface area contributed by atoms with Crippen molar-refractivity contribution < 1.29 is 44.4 Å². The van der Waals surface area contributed by atoms with E-state index in [-0.39, 0.29) is 26.5 Å². The molecule has 4 nitrogen and oxygen atoms in total. The van der Waals surface area contributed by atoms with Crippen molar-refractivity contribution in [2.45, 2.75) is 58.4 Å². The van der Waals surface area contributed by atoms with Crippen LogP contribution < -0.4 is 0 Å². The molecule has 0 aliphatic heterocycles. The van der Waals surface area contributed by atoms with Gasteiger partial charge in [-0.15, -0.1) is 29.8 Å². The number of alkyl halides is 3. The van der Waals surface area contributed by atoms with Crippen molar-refractivity contribution in [1.82, 2.24) is 9.55 Å². The Balaban J connectivity index is 0.000000249. The topological polar surface area (TPSA) is 58.3 Å². The summed E-state index contributed by atoms with van der Waals surface area (Å²) in [5, 5.41) is 23.1. The molecule has 0 saturated heterocycles. The molecule has 2 heterocycles. The minimum absolute atomic E-state index is 0. The summed E-state index contributed by atoms with van der Waals surface area (Å²) in [7, 11) is 0. The molecule has 0 aliphatic carbocycles. The minimum Gasteiger partial charge on any atom is -0.393 e. The van der Waals surface area contributed by atoms with Gasteiger partial charge in [-0.3, -0.25) is 0 Å². The van der Waals surface area contributed by atoms with Gasteiger partial charge in [-0.25, -0.2) is 0 Å². The summed E-state index contributed by atoms with van der Waals surface area (Å²) in [5.74, 6) is 0. The number of hydrogen-bond donors (Lipinski definition) is 2. The molecule has 6 rings (SSSR count). The SMILES string of the molecule is CC(C)(C)C(O)CC(O)CCc1ccc(-n2c3ccccc3c3ccccc32)cc1.FC(F)(F)c1c[c-]c(-c2ccccn2)cc1.[Pt]. The summed E-state index contributed by atoms with van der Waals surface area (Å²) in [5.41, 5.74) is 5.00. The fraction of sp³-hybridized carbons (Fsp3) is 0.256. The Bertz CT molecular complexity index is 1810. The quantitative estimate of drug-likeness (QED) is 0.158. The van der Waals surface area contributed by atoms with Gasteiger partial charge in [-0.1, -0.05) is 81.4 Å². The van der Waals surface area contributed by atoms with Gasteiger partial charge in [0.25, 0.3) is 0 Å². The van der Waals surface area contributed by atoms with Crippen LogP contribution >= 0.6 is 0 Å². The summed E-state index contributed by atoms with van der Waals surface area (Å²) in [4.78, 5) is 4.03. The molecule has 0 radical (unpaired) electrons. The van der Waals surface area contributed by atoms with E-state index in [2.05, 4.69) is 88.4 Å². The van der Waals surface area contributed by atoms with Crippen LogP contribution in [0, 0.1) is 11.5 Å². The molecule has 8 heteroatoms. The van der Waals surface area contributed by atoms with Crippen molar-refractivity contribution >= 4 is 21.8 Å². The molecule has 0 spiro atoms. The van der Waals surface area contributed by atoms with E-state index < -0.39 is 23.9 Å². The third-order valence-corrected chi connectivity index (χ3v) is 8.12. The van der Waals surface area contributed by atoms with Crippen LogP contribution in [0.1, 0.15) is 44.7 Å². The third kappa shape index (κ3) is 8.98. The van der Waals surface area contributed by atoms with Crippen LogP contribution in [-0.2, 0) is 33.7 Å². The number of hydrogen-bond acceptors (Lipinski definition) is 3. The number of aryl methyl sites for hydroxylation is 1. The average molecular weight is 819 g/mol. The Labute approximate surface area is 288 Å². The van der Waals surface area contributed by atoms with Crippen LogP contribution in [-0.4, -0.2) is 32.0 Å². The summed E-state index contributed by atoms with van der Waals surface area (Å²) in [6.07, 6.45) is -1.85. The molecule has 2 atom stereocenters. The Morgan fingerprint density at radius 3 is 1.87 bits per heavy atom. The molecule has 6 aromatic rings. The van der Waals surface area contributed by atoms with Crippen molar-refractivity contribution in [2.75, 3.05) is 0 Å². The number of nitrogens with zero attached hydrogens (tertiary/aromatic N) is 2. The van der Waals surface area contributed by atoms with E-state index in [1.807, 2.05) is 20.8 Å². The second kappa shape index (κ2) is 15.4. The van der Waals surface area contributed by atoms with E-state index in [9.17, 15) is 23.4 Å². The molecular weight excluding hydrogens is 781 g/mol. The minimum atomic E-state index is -4.32. The van der Waals surface area contributed by atoms with Crippen LogP contribution in [0.2, 0.25) is 0 Å². The normalized spacial score (nSPS) is 13.0. The number of para-hydroxylation sites is 2. The smallest absolute Gasteiger partial charge is 0.381 e. The maximum absolute atomic E-state index is 12.3. The van der Waals surface area contributed by atoms with Gasteiger partial charge in [0.15, 0.2) is 0 Å². The van der Waals surface area contributed by atoms with Gasteiger partial charge in [0, 0.05) is 43.7 Å². The van der Waals surface area contributed by atoms with Crippen molar-refractivity contribution in [3.63, 3.8) is 0 Å². The third-order valence-electron chi connectivity index (χ3n) is 8.12. The fourth-order valence-electron chi connectivity index (χ4n) is 5.36. The summed E-state index contributed by atoms with van der Waals surface area (Å²) < 4.78 is 39.2. The van der Waals surface area contributed by atoms with Crippen molar-refractivity contribution in [3.05, 3.63) is 133 Å². The molecule has 2 N–H and O–H groups in total. The number of aliphatic hydroxyl groups excluding tert-OH is 2. The van der Waals surface area contributed by atoms with E-state index in [4.69, 9.17) is 0 Å². The predicted octanol–water partition coefficient (Wildman–Crippen LogP) is 9.44. The van der Waals surface area contributed by atoms with E-state index in [1.165, 1.54) is 33.4 Å². The van der Waals surface area contributed by atoms with Gasteiger partial charge in [-0.05, 0) is 71.8 Å². The molecule has 47 heavy (non-hydrogen) atoms. The first-order valence-corrected chi connectivity index (χ1v) is 15.4. The molecule has 2 aromatic heterocycles. The van der Waals surface area contributed by atoms with Gasteiger partial charge in [-0.2, -0.15) is 13.2 Å². The Morgan fingerprint density at radius 2 is 1.36 bits per heavy atom. The second-order valence-corrected chi connectivity index (χ2v) is 12.5. The van der Waals surface area contributed by atoms with Crippen LogP contribution in [0.3, 0.4) is 0 Å². The zero-order valence-electron chi connectivity index (χ0n) is 26.5. The molecule has 0 aliphatic rings. The predicted molar refractivity (Wildman–Crippen MR) is 179 cm³/mol. The maximum Gasteiger partial charge on any atom is 0.381 e. The monoisotopic (exact) mass is 818 g/mol. The van der Waals surface area contributed by atoms with E-state index >= 15 is 0 Å².